The lowest BCUT2D eigenvalue weighted by Gasteiger charge is -2.34. The average Bonchev–Trinajstić information content (AvgIpc) is 2.13. The first-order chi connectivity index (χ1) is 7.84. The van der Waals surface area contributed by atoms with Gasteiger partial charge in [0.05, 0.1) is 5.56 Å². The maximum absolute atomic E-state index is 12.6. The highest BCUT2D eigenvalue weighted by molar-refractivity contribution is 5.31. The fraction of sp³-hybridized carbons (Fsp3) is 0.500. The van der Waals surface area contributed by atoms with Crippen molar-refractivity contribution in [1.29, 1.82) is 0 Å². The second-order valence-electron chi connectivity index (χ2n) is 4.50. The van der Waals surface area contributed by atoms with Gasteiger partial charge in [0.25, 0.3) is 0 Å². The maximum atomic E-state index is 12.6. The van der Waals surface area contributed by atoms with Crippen molar-refractivity contribution < 1.29 is 17.6 Å². The van der Waals surface area contributed by atoms with Gasteiger partial charge < -0.3 is 0 Å². The van der Waals surface area contributed by atoms with Crippen molar-refractivity contribution in [2.75, 3.05) is 13.1 Å². The second-order valence-corrected chi connectivity index (χ2v) is 4.50. The first-order valence-corrected chi connectivity index (χ1v) is 5.39. The van der Waals surface area contributed by atoms with Gasteiger partial charge in [-0.1, -0.05) is 11.6 Å². The molecule has 0 amide bonds. The van der Waals surface area contributed by atoms with Crippen LogP contribution in [-0.2, 0) is 12.7 Å². The van der Waals surface area contributed by atoms with Crippen molar-refractivity contribution in [3.63, 3.8) is 0 Å². The highest BCUT2D eigenvalue weighted by Gasteiger charge is 2.31. The molecular formula is C12H13F4N. The normalized spacial score (nSPS) is 18.2. The quantitative estimate of drug-likeness (QED) is 0.725. The summed E-state index contributed by atoms with van der Waals surface area (Å²) >= 11 is 0. The van der Waals surface area contributed by atoms with Crippen molar-refractivity contribution in [2.24, 2.45) is 0 Å². The molecule has 0 bridgehead atoms. The minimum Gasteiger partial charge on any atom is -0.293 e. The van der Waals surface area contributed by atoms with Crippen LogP contribution in [0.4, 0.5) is 17.6 Å². The van der Waals surface area contributed by atoms with E-state index in [9.17, 15) is 17.6 Å². The van der Waals surface area contributed by atoms with Gasteiger partial charge in [0.1, 0.15) is 6.17 Å². The number of likely N-dealkylation sites (tertiary alicyclic amines) is 1. The molecule has 5 heteroatoms. The number of hydrogen-bond donors (Lipinski definition) is 0. The molecule has 0 aliphatic carbocycles. The minimum absolute atomic E-state index is 0.315. The molecule has 0 spiro atoms. The Labute approximate surface area is 97.0 Å². The Morgan fingerprint density at radius 1 is 1.24 bits per heavy atom. The van der Waals surface area contributed by atoms with Gasteiger partial charge in [-0.3, -0.25) is 4.90 Å². The van der Waals surface area contributed by atoms with Gasteiger partial charge >= 0.3 is 6.18 Å². The summed E-state index contributed by atoms with van der Waals surface area (Å²) in [6.07, 6.45) is -5.15. The van der Waals surface area contributed by atoms with Crippen LogP contribution < -0.4 is 0 Å². The van der Waals surface area contributed by atoms with Crippen molar-refractivity contribution in [2.45, 2.75) is 25.8 Å². The summed E-state index contributed by atoms with van der Waals surface area (Å²) in [4.78, 5) is 1.79. The highest BCUT2D eigenvalue weighted by atomic mass is 19.4. The molecule has 1 aromatic carbocycles. The molecule has 2 rings (SSSR count). The number of nitrogens with zero attached hydrogens (tertiary/aromatic N) is 1. The molecule has 1 saturated heterocycles. The summed E-state index contributed by atoms with van der Waals surface area (Å²) in [5.41, 5.74) is 0.529. The molecule has 1 fully saturated rings. The molecule has 0 saturated carbocycles. The Bertz CT molecular complexity index is 407. The van der Waals surface area contributed by atoms with Crippen molar-refractivity contribution >= 4 is 0 Å². The van der Waals surface area contributed by atoms with E-state index in [1.54, 1.807) is 17.9 Å². The summed E-state index contributed by atoms with van der Waals surface area (Å²) < 4.78 is 50.3. The van der Waals surface area contributed by atoms with Crippen molar-refractivity contribution in [1.82, 2.24) is 4.90 Å². The molecule has 1 aliphatic rings. The summed E-state index contributed by atoms with van der Waals surface area (Å²) in [5, 5.41) is 0. The molecule has 1 nitrogen and oxygen atoms in total. The summed E-state index contributed by atoms with van der Waals surface area (Å²) in [6, 6.07) is 3.97. The molecule has 1 heterocycles. The average molecular weight is 247 g/mol. The van der Waals surface area contributed by atoms with E-state index in [-0.39, 0.29) is 0 Å². The standard InChI is InChI=1S/C12H13F4N/c1-8-2-9(5-17-6-11(13)7-17)4-10(3-8)12(14,15)16/h2-4,11H,5-7H2,1H3. The van der Waals surface area contributed by atoms with Crippen LogP contribution in [0.5, 0.6) is 0 Å². The number of hydrogen-bond acceptors (Lipinski definition) is 1. The van der Waals surface area contributed by atoms with Gasteiger partial charge in [-0.15, -0.1) is 0 Å². The molecule has 17 heavy (non-hydrogen) atoms. The molecular weight excluding hydrogens is 234 g/mol. The molecule has 0 atom stereocenters. The minimum atomic E-state index is -4.32. The number of benzene rings is 1. The molecule has 0 radical (unpaired) electrons. The van der Waals surface area contributed by atoms with E-state index < -0.39 is 17.9 Å². The van der Waals surface area contributed by atoms with E-state index in [0.29, 0.717) is 30.8 Å². The topological polar surface area (TPSA) is 3.24 Å². The van der Waals surface area contributed by atoms with Gasteiger partial charge in [-0.2, -0.15) is 13.2 Å². The molecule has 0 N–H and O–H groups in total. The van der Waals surface area contributed by atoms with Gasteiger partial charge in [-0.25, -0.2) is 4.39 Å². The van der Waals surface area contributed by atoms with Crippen LogP contribution >= 0.6 is 0 Å². The van der Waals surface area contributed by atoms with Crippen LogP contribution in [0.3, 0.4) is 0 Å². The summed E-state index contributed by atoms with van der Waals surface area (Å²) in [5.74, 6) is 0. The van der Waals surface area contributed by atoms with Crippen molar-refractivity contribution in [3.8, 4) is 0 Å². The maximum Gasteiger partial charge on any atom is 0.416 e. The van der Waals surface area contributed by atoms with Crippen molar-refractivity contribution in [3.05, 3.63) is 34.9 Å². The fourth-order valence-electron chi connectivity index (χ4n) is 2.01. The van der Waals surface area contributed by atoms with Crippen LogP contribution in [-0.4, -0.2) is 24.2 Å². The predicted molar refractivity (Wildman–Crippen MR) is 56.4 cm³/mol. The van der Waals surface area contributed by atoms with Crippen LogP contribution in [0, 0.1) is 6.92 Å². The van der Waals surface area contributed by atoms with Crippen LogP contribution in [0.1, 0.15) is 16.7 Å². The fourth-order valence-corrected chi connectivity index (χ4v) is 2.01. The molecule has 0 unspecified atom stereocenters. The van der Waals surface area contributed by atoms with Crippen LogP contribution in [0.2, 0.25) is 0 Å². The molecule has 1 aromatic rings. The summed E-state index contributed by atoms with van der Waals surface area (Å²) in [6.45, 7) is 2.64. The SMILES string of the molecule is Cc1cc(CN2CC(F)C2)cc(C(F)(F)F)c1. The third kappa shape index (κ3) is 2.97. The Morgan fingerprint density at radius 2 is 1.88 bits per heavy atom. The van der Waals surface area contributed by atoms with E-state index >= 15 is 0 Å². The van der Waals surface area contributed by atoms with E-state index in [4.69, 9.17) is 0 Å². The first-order valence-electron chi connectivity index (χ1n) is 5.39. The highest BCUT2D eigenvalue weighted by Crippen LogP contribution is 2.31. The molecule has 1 aliphatic heterocycles. The second kappa shape index (κ2) is 4.29. The lowest BCUT2D eigenvalue weighted by atomic mass is 10.0. The lowest BCUT2D eigenvalue weighted by Crippen LogP contribution is -2.47. The zero-order valence-corrected chi connectivity index (χ0v) is 9.39. The number of aryl methyl sites for hydroxylation is 1. The largest absolute Gasteiger partial charge is 0.416 e. The third-order valence-electron chi connectivity index (χ3n) is 2.78. The first kappa shape index (κ1) is 12.4. The van der Waals surface area contributed by atoms with E-state index in [1.807, 2.05) is 0 Å². The van der Waals surface area contributed by atoms with Crippen LogP contribution in [0.25, 0.3) is 0 Å². The smallest absolute Gasteiger partial charge is 0.293 e. The Morgan fingerprint density at radius 3 is 2.41 bits per heavy atom. The number of halogens is 4. The number of alkyl halides is 4. The third-order valence-corrected chi connectivity index (χ3v) is 2.78. The Hall–Kier alpha value is -1.10. The van der Waals surface area contributed by atoms with E-state index in [2.05, 4.69) is 0 Å². The molecule has 94 valence electrons. The number of rotatable bonds is 2. The zero-order chi connectivity index (χ0) is 12.6. The predicted octanol–water partition coefficient (Wildman–Crippen LogP) is 3.17. The van der Waals surface area contributed by atoms with Crippen LogP contribution in [0.15, 0.2) is 18.2 Å². The van der Waals surface area contributed by atoms with Gasteiger partial charge in [0, 0.05) is 19.6 Å². The lowest BCUT2D eigenvalue weighted by molar-refractivity contribution is -0.137. The molecule has 0 aromatic heterocycles. The van der Waals surface area contributed by atoms with Gasteiger partial charge in [0.2, 0.25) is 0 Å². The Kier molecular flexibility index (Phi) is 3.12. The van der Waals surface area contributed by atoms with E-state index in [0.717, 1.165) is 12.1 Å². The monoisotopic (exact) mass is 247 g/mol. The zero-order valence-electron chi connectivity index (χ0n) is 9.39. The summed E-state index contributed by atoms with van der Waals surface area (Å²) in [7, 11) is 0. The van der Waals surface area contributed by atoms with Gasteiger partial charge in [-0.05, 0) is 24.6 Å². The van der Waals surface area contributed by atoms with Gasteiger partial charge in [0.15, 0.2) is 0 Å². The Balaban J connectivity index is 2.14. The van der Waals surface area contributed by atoms with E-state index in [1.165, 1.54) is 0 Å².